The molecule has 0 fully saturated rings. The van der Waals surface area contributed by atoms with Gasteiger partial charge in [0.25, 0.3) is 0 Å². The fraction of sp³-hybridized carbons (Fsp3) is 0.0909. The van der Waals surface area contributed by atoms with Crippen molar-refractivity contribution in [1.29, 1.82) is 0 Å². The van der Waals surface area contributed by atoms with Crippen LogP contribution in [0.5, 0.6) is 0 Å². The van der Waals surface area contributed by atoms with Crippen molar-refractivity contribution in [2.24, 2.45) is 10.7 Å². The molecule has 4 heteroatoms. The second kappa shape index (κ2) is 5.52. The summed E-state index contributed by atoms with van der Waals surface area (Å²) < 4.78 is 0. The fourth-order valence-electron chi connectivity index (χ4n) is 1.06. The van der Waals surface area contributed by atoms with E-state index in [-0.39, 0.29) is 12.3 Å². The van der Waals surface area contributed by atoms with Gasteiger partial charge in [-0.15, -0.1) is 0 Å². The third-order valence-electron chi connectivity index (χ3n) is 1.67. The first-order chi connectivity index (χ1) is 7.22. The lowest BCUT2D eigenvalue weighted by Crippen LogP contribution is -2.07. The molecule has 0 aliphatic heterocycles. The SMILES string of the molecule is NC(=O)CC=Cc1cccc(N=C=O)c1. The van der Waals surface area contributed by atoms with Gasteiger partial charge in [0.05, 0.1) is 5.69 Å². The Morgan fingerprint density at radius 3 is 3.00 bits per heavy atom. The molecule has 1 aromatic rings. The summed E-state index contributed by atoms with van der Waals surface area (Å²) in [6.45, 7) is 0. The molecular formula is C11H10N2O2. The maximum absolute atomic E-state index is 10.5. The van der Waals surface area contributed by atoms with Crippen LogP contribution < -0.4 is 5.73 Å². The van der Waals surface area contributed by atoms with Gasteiger partial charge in [0.2, 0.25) is 12.0 Å². The van der Waals surface area contributed by atoms with Gasteiger partial charge in [0, 0.05) is 6.42 Å². The van der Waals surface area contributed by atoms with Crippen LogP contribution in [0, 0.1) is 0 Å². The largest absolute Gasteiger partial charge is 0.369 e. The van der Waals surface area contributed by atoms with Crippen molar-refractivity contribution in [3.63, 3.8) is 0 Å². The summed E-state index contributed by atoms with van der Waals surface area (Å²) in [5.74, 6) is -0.381. The first-order valence-corrected chi connectivity index (χ1v) is 4.35. The summed E-state index contributed by atoms with van der Waals surface area (Å²) in [5, 5.41) is 0. The molecule has 0 aliphatic rings. The van der Waals surface area contributed by atoms with Gasteiger partial charge in [-0.1, -0.05) is 24.3 Å². The van der Waals surface area contributed by atoms with Gasteiger partial charge >= 0.3 is 0 Å². The van der Waals surface area contributed by atoms with Crippen molar-refractivity contribution in [3.05, 3.63) is 35.9 Å². The summed E-state index contributed by atoms with van der Waals surface area (Å²) in [5.41, 5.74) is 6.36. The van der Waals surface area contributed by atoms with Crippen LogP contribution in [0.15, 0.2) is 35.3 Å². The minimum absolute atomic E-state index is 0.196. The number of primary amides is 1. The molecular weight excluding hydrogens is 192 g/mol. The van der Waals surface area contributed by atoms with Crippen molar-refractivity contribution in [3.8, 4) is 0 Å². The molecule has 0 saturated heterocycles. The number of isocyanates is 1. The molecule has 1 amide bonds. The van der Waals surface area contributed by atoms with E-state index in [2.05, 4.69) is 4.99 Å². The highest BCUT2D eigenvalue weighted by molar-refractivity contribution is 5.76. The van der Waals surface area contributed by atoms with E-state index in [1.165, 1.54) is 6.08 Å². The molecule has 0 aliphatic carbocycles. The van der Waals surface area contributed by atoms with Crippen LogP contribution in [0.25, 0.3) is 6.08 Å². The second-order valence-corrected chi connectivity index (χ2v) is 2.87. The topological polar surface area (TPSA) is 72.5 Å². The number of hydrogen-bond acceptors (Lipinski definition) is 3. The van der Waals surface area contributed by atoms with Crippen molar-refractivity contribution < 1.29 is 9.59 Å². The Hall–Kier alpha value is -2.19. The first-order valence-electron chi connectivity index (χ1n) is 4.35. The third kappa shape index (κ3) is 4.02. The van der Waals surface area contributed by atoms with Crippen LogP contribution in [0.2, 0.25) is 0 Å². The molecule has 0 spiro atoms. The lowest BCUT2D eigenvalue weighted by molar-refractivity contribution is -0.117. The van der Waals surface area contributed by atoms with E-state index in [1.807, 2.05) is 6.07 Å². The molecule has 1 rings (SSSR count). The summed E-state index contributed by atoms with van der Waals surface area (Å²) in [4.78, 5) is 24.0. The Kier molecular flexibility index (Phi) is 4.01. The molecule has 1 aromatic carbocycles. The summed E-state index contributed by atoms with van der Waals surface area (Å²) >= 11 is 0. The van der Waals surface area contributed by atoms with Gasteiger partial charge in [-0.25, -0.2) is 4.79 Å². The summed E-state index contributed by atoms with van der Waals surface area (Å²) in [6.07, 6.45) is 5.06. The molecule has 0 aromatic heterocycles. The minimum Gasteiger partial charge on any atom is -0.369 e. The van der Waals surface area contributed by atoms with Crippen LogP contribution >= 0.6 is 0 Å². The van der Waals surface area contributed by atoms with Crippen LogP contribution in [0.1, 0.15) is 12.0 Å². The first kappa shape index (κ1) is 10.9. The number of rotatable bonds is 4. The van der Waals surface area contributed by atoms with Gasteiger partial charge in [0.15, 0.2) is 0 Å². The average Bonchev–Trinajstić information content (AvgIpc) is 2.18. The number of nitrogens with two attached hydrogens (primary N) is 1. The lowest BCUT2D eigenvalue weighted by Gasteiger charge is -1.94. The molecule has 76 valence electrons. The molecule has 0 atom stereocenters. The number of nitrogens with zero attached hydrogens (tertiary/aromatic N) is 1. The monoisotopic (exact) mass is 202 g/mol. The van der Waals surface area contributed by atoms with E-state index in [0.29, 0.717) is 5.69 Å². The molecule has 2 N–H and O–H groups in total. The molecule has 0 saturated carbocycles. The smallest absolute Gasteiger partial charge is 0.240 e. The zero-order valence-electron chi connectivity index (χ0n) is 8.01. The Labute approximate surface area is 87.1 Å². The van der Waals surface area contributed by atoms with Gasteiger partial charge < -0.3 is 5.73 Å². The van der Waals surface area contributed by atoms with E-state index < -0.39 is 0 Å². The Morgan fingerprint density at radius 2 is 2.33 bits per heavy atom. The average molecular weight is 202 g/mol. The van der Waals surface area contributed by atoms with Gasteiger partial charge in [0.1, 0.15) is 0 Å². The minimum atomic E-state index is -0.381. The number of carbonyl (C=O) groups is 1. The van der Waals surface area contributed by atoms with Crippen LogP contribution in [-0.4, -0.2) is 12.0 Å². The Morgan fingerprint density at radius 1 is 1.53 bits per heavy atom. The number of hydrogen-bond donors (Lipinski definition) is 1. The number of aliphatic imine (C=N–C) groups is 1. The van der Waals surface area contributed by atoms with E-state index in [4.69, 9.17) is 5.73 Å². The van der Waals surface area contributed by atoms with E-state index in [0.717, 1.165) is 5.56 Å². The molecule has 0 bridgehead atoms. The Balaban J connectivity index is 2.77. The standard InChI is InChI=1S/C11H10N2O2/c12-11(15)6-2-4-9-3-1-5-10(7-9)13-8-14/h1-5,7H,6H2,(H2,12,15). The molecule has 0 unspecified atom stereocenters. The van der Waals surface area contributed by atoms with Gasteiger partial charge in [-0.05, 0) is 17.7 Å². The molecule has 15 heavy (non-hydrogen) atoms. The van der Waals surface area contributed by atoms with E-state index >= 15 is 0 Å². The maximum atomic E-state index is 10.5. The highest BCUT2D eigenvalue weighted by Gasteiger charge is 1.91. The van der Waals surface area contributed by atoms with Gasteiger partial charge in [-0.2, -0.15) is 4.99 Å². The van der Waals surface area contributed by atoms with Crippen LogP contribution in [0.3, 0.4) is 0 Å². The molecule has 0 heterocycles. The highest BCUT2D eigenvalue weighted by atomic mass is 16.1. The molecule has 0 radical (unpaired) electrons. The normalized spacial score (nSPS) is 9.87. The van der Waals surface area contributed by atoms with Crippen molar-refractivity contribution in [2.75, 3.05) is 0 Å². The van der Waals surface area contributed by atoms with E-state index in [9.17, 15) is 9.59 Å². The molecule has 4 nitrogen and oxygen atoms in total. The van der Waals surface area contributed by atoms with E-state index in [1.54, 1.807) is 30.4 Å². The zero-order chi connectivity index (χ0) is 11.1. The number of amides is 1. The fourth-order valence-corrected chi connectivity index (χ4v) is 1.06. The zero-order valence-corrected chi connectivity index (χ0v) is 8.01. The van der Waals surface area contributed by atoms with Crippen molar-refractivity contribution >= 4 is 23.8 Å². The predicted octanol–water partition coefficient (Wildman–Crippen LogP) is 1.54. The number of benzene rings is 1. The van der Waals surface area contributed by atoms with Crippen molar-refractivity contribution in [1.82, 2.24) is 0 Å². The maximum Gasteiger partial charge on any atom is 0.240 e. The summed E-state index contributed by atoms with van der Waals surface area (Å²) in [6, 6.07) is 7.00. The second-order valence-electron chi connectivity index (χ2n) is 2.87. The van der Waals surface area contributed by atoms with Crippen molar-refractivity contribution in [2.45, 2.75) is 6.42 Å². The van der Waals surface area contributed by atoms with Crippen LogP contribution in [0.4, 0.5) is 5.69 Å². The summed E-state index contributed by atoms with van der Waals surface area (Å²) in [7, 11) is 0. The lowest BCUT2D eigenvalue weighted by atomic mass is 10.2. The quantitative estimate of drug-likeness (QED) is 0.594. The van der Waals surface area contributed by atoms with Crippen LogP contribution in [-0.2, 0) is 9.59 Å². The Bertz CT molecular complexity index is 432. The third-order valence-corrected chi connectivity index (χ3v) is 1.67. The van der Waals surface area contributed by atoms with Gasteiger partial charge in [-0.3, -0.25) is 4.79 Å². The number of carbonyl (C=O) groups excluding carboxylic acids is 2. The predicted molar refractivity (Wildman–Crippen MR) is 57.1 cm³/mol. The highest BCUT2D eigenvalue weighted by Crippen LogP contribution is 2.14.